The topological polar surface area (TPSA) is 60.2 Å². The minimum Gasteiger partial charge on any atom is -0.330 e. The van der Waals surface area contributed by atoms with Gasteiger partial charge in [0.1, 0.15) is 0 Å². The SMILES string of the molecule is Cl.NCCCS(=O)(=O)F. The summed E-state index contributed by atoms with van der Waals surface area (Å²) in [7, 11) is -4.27. The molecule has 0 aromatic heterocycles. The Hall–Kier alpha value is 0.130. The molecule has 0 heterocycles. The second-order valence-corrected chi connectivity index (χ2v) is 2.87. The number of halogens is 2. The van der Waals surface area contributed by atoms with E-state index in [0.29, 0.717) is 0 Å². The Balaban J connectivity index is 0. The van der Waals surface area contributed by atoms with Gasteiger partial charge in [0, 0.05) is 0 Å². The van der Waals surface area contributed by atoms with Crippen LogP contribution in [0.25, 0.3) is 0 Å². The van der Waals surface area contributed by atoms with E-state index in [1.54, 1.807) is 0 Å². The zero-order valence-electron chi connectivity index (χ0n) is 4.71. The van der Waals surface area contributed by atoms with Crippen molar-refractivity contribution in [3.8, 4) is 0 Å². The van der Waals surface area contributed by atoms with Gasteiger partial charge in [0.25, 0.3) is 0 Å². The Morgan fingerprint density at radius 2 is 1.89 bits per heavy atom. The molecule has 0 saturated heterocycles. The Morgan fingerprint density at radius 3 is 2.00 bits per heavy atom. The van der Waals surface area contributed by atoms with Gasteiger partial charge in [-0.05, 0) is 13.0 Å². The first-order valence-electron chi connectivity index (χ1n) is 2.18. The highest BCUT2D eigenvalue weighted by molar-refractivity contribution is 7.86. The third-order valence-electron chi connectivity index (χ3n) is 0.592. The van der Waals surface area contributed by atoms with Gasteiger partial charge in [0.2, 0.25) is 0 Å². The zero-order valence-corrected chi connectivity index (χ0v) is 6.34. The highest BCUT2D eigenvalue weighted by atomic mass is 35.5. The Morgan fingerprint density at radius 1 is 1.44 bits per heavy atom. The van der Waals surface area contributed by atoms with Gasteiger partial charge in [0.05, 0.1) is 5.75 Å². The Labute approximate surface area is 60.0 Å². The molecule has 0 fully saturated rings. The fraction of sp³-hybridized carbons (Fsp3) is 1.00. The van der Waals surface area contributed by atoms with Gasteiger partial charge in [-0.25, -0.2) is 0 Å². The van der Waals surface area contributed by atoms with Crippen molar-refractivity contribution < 1.29 is 12.3 Å². The fourth-order valence-corrected chi connectivity index (χ4v) is 0.767. The highest BCUT2D eigenvalue weighted by Gasteiger charge is 2.03. The summed E-state index contributed by atoms with van der Waals surface area (Å²) < 4.78 is 30.8. The summed E-state index contributed by atoms with van der Waals surface area (Å²) in [5.74, 6) is -0.455. The molecular formula is C3H9ClFNO2S. The number of rotatable bonds is 3. The van der Waals surface area contributed by atoms with Gasteiger partial charge < -0.3 is 5.73 Å². The number of hydrogen-bond acceptors (Lipinski definition) is 3. The van der Waals surface area contributed by atoms with Gasteiger partial charge in [-0.2, -0.15) is 8.42 Å². The lowest BCUT2D eigenvalue weighted by molar-refractivity contribution is 0.549. The first kappa shape index (κ1) is 11.9. The molecule has 6 heteroatoms. The van der Waals surface area contributed by atoms with Crippen LogP contribution in [0.4, 0.5) is 3.89 Å². The predicted octanol–water partition coefficient (Wildman–Crippen LogP) is 0.0563. The monoisotopic (exact) mass is 177 g/mol. The van der Waals surface area contributed by atoms with E-state index in [4.69, 9.17) is 5.73 Å². The van der Waals surface area contributed by atoms with Crippen molar-refractivity contribution in [2.45, 2.75) is 6.42 Å². The van der Waals surface area contributed by atoms with E-state index in [2.05, 4.69) is 0 Å². The third-order valence-corrected chi connectivity index (χ3v) is 1.37. The van der Waals surface area contributed by atoms with Crippen molar-refractivity contribution in [3.05, 3.63) is 0 Å². The fourth-order valence-electron chi connectivity index (χ4n) is 0.256. The van der Waals surface area contributed by atoms with E-state index in [9.17, 15) is 12.3 Å². The van der Waals surface area contributed by atoms with E-state index >= 15 is 0 Å². The van der Waals surface area contributed by atoms with E-state index in [0.717, 1.165) is 0 Å². The zero-order chi connectivity index (χ0) is 6.62. The van der Waals surface area contributed by atoms with E-state index in [-0.39, 0.29) is 25.4 Å². The summed E-state index contributed by atoms with van der Waals surface area (Å²) in [6.45, 7) is 0.211. The molecule has 0 aliphatic rings. The van der Waals surface area contributed by atoms with Crippen LogP contribution in [0.2, 0.25) is 0 Å². The van der Waals surface area contributed by atoms with Gasteiger partial charge in [-0.3, -0.25) is 0 Å². The molecule has 0 aliphatic heterocycles. The normalized spacial score (nSPS) is 10.4. The van der Waals surface area contributed by atoms with Crippen LogP contribution < -0.4 is 5.73 Å². The van der Waals surface area contributed by atoms with Gasteiger partial charge >= 0.3 is 10.2 Å². The number of nitrogens with two attached hydrogens (primary N) is 1. The van der Waals surface area contributed by atoms with Crippen molar-refractivity contribution >= 4 is 22.6 Å². The predicted molar refractivity (Wildman–Crippen MR) is 35.8 cm³/mol. The van der Waals surface area contributed by atoms with Crippen LogP contribution in [0, 0.1) is 0 Å². The average molecular weight is 178 g/mol. The van der Waals surface area contributed by atoms with Crippen LogP contribution in [-0.4, -0.2) is 20.7 Å². The summed E-state index contributed by atoms with van der Waals surface area (Å²) in [6.07, 6.45) is 0.193. The Kier molecular flexibility index (Phi) is 6.54. The van der Waals surface area contributed by atoms with Crippen molar-refractivity contribution in [1.82, 2.24) is 0 Å². The second kappa shape index (κ2) is 4.96. The molecule has 0 aromatic rings. The lowest BCUT2D eigenvalue weighted by Crippen LogP contribution is -2.06. The molecule has 2 N–H and O–H groups in total. The molecule has 3 nitrogen and oxygen atoms in total. The standard InChI is InChI=1S/C3H8FNO2S.ClH/c4-8(6,7)3-1-2-5;/h1-3,5H2;1H. The average Bonchev–Trinajstić information content (AvgIpc) is 1.59. The van der Waals surface area contributed by atoms with Crippen LogP contribution in [0.15, 0.2) is 0 Å². The van der Waals surface area contributed by atoms with E-state index in [1.165, 1.54) is 0 Å². The number of hydrogen-bond donors (Lipinski definition) is 1. The Bertz CT molecular complexity index is 146. The molecule has 0 saturated carbocycles. The van der Waals surface area contributed by atoms with Gasteiger partial charge in [-0.1, -0.05) is 0 Å². The summed E-state index contributed by atoms with van der Waals surface area (Å²) in [5, 5.41) is 0. The van der Waals surface area contributed by atoms with Crippen molar-refractivity contribution in [2.75, 3.05) is 12.3 Å². The molecule has 0 atom stereocenters. The first-order valence-corrected chi connectivity index (χ1v) is 3.74. The minimum absolute atomic E-state index is 0. The molecule has 0 aliphatic carbocycles. The van der Waals surface area contributed by atoms with Crippen LogP contribution in [0.1, 0.15) is 6.42 Å². The molecule has 58 valence electrons. The van der Waals surface area contributed by atoms with Crippen molar-refractivity contribution in [3.63, 3.8) is 0 Å². The lowest BCUT2D eigenvalue weighted by Gasteiger charge is -1.87. The van der Waals surface area contributed by atoms with Gasteiger partial charge in [0.15, 0.2) is 0 Å². The molecule has 0 bridgehead atoms. The minimum atomic E-state index is -4.27. The van der Waals surface area contributed by atoms with Crippen molar-refractivity contribution in [2.24, 2.45) is 5.73 Å². The lowest BCUT2D eigenvalue weighted by atomic mass is 10.5. The van der Waals surface area contributed by atoms with Crippen molar-refractivity contribution in [1.29, 1.82) is 0 Å². The largest absolute Gasteiger partial charge is 0.330 e. The van der Waals surface area contributed by atoms with Crippen LogP contribution in [-0.2, 0) is 10.2 Å². The maximum atomic E-state index is 11.5. The molecule has 0 radical (unpaired) electrons. The second-order valence-electron chi connectivity index (χ2n) is 1.39. The molecule has 0 spiro atoms. The van der Waals surface area contributed by atoms with E-state index in [1.807, 2.05) is 0 Å². The summed E-state index contributed by atoms with van der Waals surface area (Å²) in [5.41, 5.74) is 4.90. The maximum Gasteiger partial charge on any atom is 0.302 e. The maximum absolute atomic E-state index is 11.5. The summed E-state index contributed by atoms with van der Waals surface area (Å²) in [4.78, 5) is 0. The van der Waals surface area contributed by atoms with Gasteiger partial charge in [-0.15, -0.1) is 16.3 Å². The summed E-state index contributed by atoms with van der Waals surface area (Å²) in [6, 6.07) is 0. The van der Waals surface area contributed by atoms with Crippen LogP contribution in [0.3, 0.4) is 0 Å². The third kappa shape index (κ3) is 11.6. The summed E-state index contributed by atoms with van der Waals surface area (Å²) >= 11 is 0. The first-order chi connectivity index (χ1) is 3.56. The van der Waals surface area contributed by atoms with E-state index < -0.39 is 16.0 Å². The van der Waals surface area contributed by atoms with Crippen LogP contribution in [0.5, 0.6) is 0 Å². The molecule has 0 rings (SSSR count). The van der Waals surface area contributed by atoms with Crippen LogP contribution >= 0.6 is 12.4 Å². The highest BCUT2D eigenvalue weighted by Crippen LogP contribution is 1.91. The smallest absolute Gasteiger partial charge is 0.302 e. The molecule has 0 unspecified atom stereocenters. The molecular weight excluding hydrogens is 169 g/mol. The quantitative estimate of drug-likeness (QED) is 0.620. The molecule has 0 amide bonds. The molecule has 9 heavy (non-hydrogen) atoms. The molecule has 0 aromatic carbocycles.